The number of hydrogen-bond acceptors (Lipinski definition) is 5. The number of aromatic nitrogens is 2. The van der Waals surface area contributed by atoms with Gasteiger partial charge >= 0.3 is 0 Å². The van der Waals surface area contributed by atoms with Crippen molar-refractivity contribution in [1.29, 1.82) is 0 Å². The molecular formula is C19H26N4O3. The Balaban J connectivity index is 1.46. The van der Waals surface area contributed by atoms with Crippen molar-refractivity contribution >= 4 is 11.6 Å². The molecule has 0 saturated carbocycles. The van der Waals surface area contributed by atoms with E-state index in [2.05, 4.69) is 22.7 Å². The first kappa shape index (κ1) is 18.3. The highest BCUT2D eigenvalue weighted by Gasteiger charge is 2.12. The molecule has 2 aromatic rings. The average molecular weight is 358 g/mol. The van der Waals surface area contributed by atoms with Crippen LogP contribution in [0.15, 0.2) is 18.2 Å². The molecule has 0 spiro atoms. The zero-order chi connectivity index (χ0) is 18.5. The van der Waals surface area contributed by atoms with Crippen LogP contribution in [0.3, 0.4) is 0 Å². The van der Waals surface area contributed by atoms with Crippen LogP contribution in [-0.2, 0) is 18.3 Å². The third-order valence-electron chi connectivity index (χ3n) is 4.53. The van der Waals surface area contributed by atoms with Crippen LogP contribution in [0.1, 0.15) is 23.4 Å². The fourth-order valence-corrected chi connectivity index (χ4v) is 3.04. The van der Waals surface area contributed by atoms with Crippen molar-refractivity contribution in [3.8, 4) is 11.5 Å². The first-order valence-electron chi connectivity index (χ1n) is 8.94. The number of rotatable bonds is 6. The summed E-state index contributed by atoms with van der Waals surface area (Å²) >= 11 is 0. The van der Waals surface area contributed by atoms with E-state index in [0.29, 0.717) is 24.7 Å². The van der Waals surface area contributed by atoms with Gasteiger partial charge in [-0.1, -0.05) is 0 Å². The van der Waals surface area contributed by atoms with Gasteiger partial charge < -0.3 is 20.1 Å². The Morgan fingerprint density at radius 3 is 2.73 bits per heavy atom. The van der Waals surface area contributed by atoms with Crippen LogP contribution in [-0.4, -0.2) is 42.0 Å². The number of nitrogens with one attached hydrogen (secondary N) is 2. The fourth-order valence-electron chi connectivity index (χ4n) is 3.04. The summed E-state index contributed by atoms with van der Waals surface area (Å²) in [6.07, 6.45) is 1.71. The molecule has 2 N–H and O–H groups in total. The molecule has 0 fully saturated rings. The second kappa shape index (κ2) is 8.23. The maximum Gasteiger partial charge on any atom is 0.238 e. The Labute approximate surface area is 153 Å². The lowest BCUT2D eigenvalue weighted by Crippen LogP contribution is -2.29. The Morgan fingerprint density at radius 2 is 2.00 bits per heavy atom. The van der Waals surface area contributed by atoms with E-state index in [1.54, 1.807) is 6.07 Å². The molecule has 1 aromatic carbocycles. The smallest absolute Gasteiger partial charge is 0.238 e. The summed E-state index contributed by atoms with van der Waals surface area (Å²) in [6, 6.07) is 5.46. The minimum atomic E-state index is -0.0841. The molecule has 1 aliphatic rings. The quantitative estimate of drug-likeness (QED) is 0.772. The van der Waals surface area contributed by atoms with Gasteiger partial charge in [-0.3, -0.25) is 9.48 Å². The van der Waals surface area contributed by atoms with E-state index < -0.39 is 0 Å². The lowest BCUT2D eigenvalue weighted by atomic mass is 10.1. The van der Waals surface area contributed by atoms with Gasteiger partial charge in [0.2, 0.25) is 5.91 Å². The number of amides is 1. The van der Waals surface area contributed by atoms with E-state index in [-0.39, 0.29) is 12.5 Å². The highest BCUT2D eigenvalue weighted by Crippen LogP contribution is 2.32. The summed E-state index contributed by atoms with van der Waals surface area (Å²) in [7, 11) is 1.95. The van der Waals surface area contributed by atoms with E-state index >= 15 is 0 Å². The number of benzene rings is 1. The second-order valence-corrected chi connectivity index (χ2v) is 6.46. The van der Waals surface area contributed by atoms with Crippen molar-refractivity contribution in [2.75, 3.05) is 31.6 Å². The number of anilines is 1. The molecule has 140 valence electrons. The zero-order valence-corrected chi connectivity index (χ0v) is 15.6. The lowest BCUT2D eigenvalue weighted by Gasteiger charge is -2.11. The molecule has 26 heavy (non-hydrogen) atoms. The summed E-state index contributed by atoms with van der Waals surface area (Å²) < 4.78 is 13.1. The van der Waals surface area contributed by atoms with Crippen LogP contribution >= 0.6 is 0 Å². The third kappa shape index (κ3) is 4.35. The van der Waals surface area contributed by atoms with E-state index in [4.69, 9.17) is 9.47 Å². The molecule has 2 heterocycles. The number of ether oxygens (including phenoxy) is 2. The summed E-state index contributed by atoms with van der Waals surface area (Å²) in [5, 5.41) is 10.5. The molecule has 7 heteroatoms. The minimum absolute atomic E-state index is 0.0841. The predicted octanol–water partition coefficient (Wildman–Crippen LogP) is 1.97. The Bertz CT molecular complexity index is 785. The maximum absolute atomic E-state index is 12.1. The standard InChI is InChI=1S/C19H26N4O3/c1-13-16(14(2)23(3)22-13)7-8-20-12-19(24)21-15-5-6-17-18(11-15)26-10-4-9-25-17/h5-6,11,20H,4,7-10,12H2,1-3H3,(H,21,24). The topological polar surface area (TPSA) is 77.4 Å². The summed E-state index contributed by atoms with van der Waals surface area (Å²) in [4.78, 5) is 12.1. The van der Waals surface area contributed by atoms with Crippen LogP contribution in [0.4, 0.5) is 5.69 Å². The largest absolute Gasteiger partial charge is 0.490 e. The van der Waals surface area contributed by atoms with Crippen molar-refractivity contribution in [3.05, 3.63) is 35.2 Å². The number of carbonyl (C=O) groups excluding carboxylic acids is 1. The number of nitrogens with zero attached hydrogens (tertiary/aromatic N) is 2. The van der Waals surface area contributed by atoms with E-state index in [1.165, 1.54) is 11.3 Å². The third-order valence-corrected chi connectivity index (χ3v) is 4.53. The van der Waals surface area contributed by atoms with Gasteiger partial charge in [-0.25, -0.2) is 0 Å². The maximum atomic E-state index is 12.1. The number of aryl methyl sites for hydroxylation is 2. The van der Waals surface area contributed by atoms with Gasteiger partial charge in [-0.15, -0.1) is 0 Å². The van der Waals surface area contributed by atoms with Gasteiger partial charge in [-0.2, -0.15) is 5.10 Å². The van der Waals surface area contributed by atoms with Gasteiger partial charge in [0.1, 0.15) is 0 Å². The molecule has 1 aromatic heterocycles. The van der Waals surface area contributed by atoms with Crippen LogP contribution in [0.5, 0.6) is 11.5 Å². The van der Waals surface area contributed by atoms with Crippen molar-refractivity contribution in [2.45, 2.75) is 26.7 Å². The minimum Gasteiger partial charge on any atom is -0.490 e. The molecule has 0 saturated heterocycles. The van der Waals surface area contributed by atoms with Crippen molar-refractivity contribution in [3.63, 3.8) is 0 Å². The summed E-state index contributed by atoms with van der Waals surface area (Å²) in [5.74, 6) is 1.32. The van der Waals surface area contributed by atoms with Gasteiger partial charge in [0.25, 0.3) is 0 Å². The van der Waals surface area contributed by atoms with Crippen LogP contribution in [0.25, 0.3) is 0 Å². The average Bonchev–Trinajstić information content (AvgIpc) is 2.79. The molecule has 0 aliphatic carbocycles. The van der Waals surface area contributed by atoms with E-state index in [9.17, 15) is 4.79 Å². The van der Waals surface area contributed by atoms with E-state index in [0.717, 1.165) is 30.8 Å². The van der Waals surface area contributed by atoms with Gasteiger partial charge in [0.05, 0.1) is 25.5 Å². The molecule has 7 nitrogen and oxygen atoms in total. The van der Waals surface area contributed by atoms with Crippen LogP contribution < -0.4 is 20.1 Å². The zero-order valence-electron chi connectivity index (χ0n) is 15.6. The molecular weight excluding hydrogens is 332 g/mol. The molecule has 0 atom stereocenters. The molecule has 0 unspecified atom stereocenters. The lowest BCUT2D eigenvalue weighted by molar-refractivity contribution is -0.115. The molecule has 1 amide bonds. The second-order valence-electron chi connectivity index (χ2n) is 6.46. The van der Waals surface area contributed by atoms with Crippen LogP contribution in [0.2, 0.25) is 0 Å². The van der Waals surface area contributed by atoms with Crippen LogP contribution in [0, 0.1) is 13.8 Å². The Kier molecular flexibility index (Phi) is 5.78. The highest BCUT2D eigenvalue weighted by molar-refractivity contribution is 5.92. The molecule has 3 rings (SSSR count). The van der Waals surface area contributed by atoms with E-state index in [1.807, 2.05) is 30.8 Å². The SMILES string of the molecule is Cc1nn(C)c(C)c1CCNCC(=O)Nc1ccc2c(c1)OCCCO2. The monoisotopic (exact) mass is 358 g/mol. The first-order valence-corrected chi connectivity index (χ1v) is 8.94. The Hall–Kier alpha value is -2.54. The number of carbonyl (C=O) groups is 1. The molecule has 0 radical (unpaired) electrons. The predicted molar refractivity (Wildman–Crippen MR) is 99.9 cm³/mol. The highest BCUT2D eigenvalue weighted by atomic mass is 16.5. The molecule has 0 bridgehead atoms. The number of hydrogen-bond donors (Lipinski definition) is 2. The summed E-state index contributed by atoms with van der Waals surface area (Å²) in [5.41, 5.74) is 4.16. The summed E-state index contributed by atoms with van der Waals surface area (Å²) in [6.45, 7) is 6.33. The number of fused-ring (bicyclic) bond motifs is 1. The van der Waals surface area contributed by atoms with Gasteiger partial charge in [0, 0.05) is 30.9 Å². The fraction of sp³-hybridized carbons (Fsp3) is 0.474. The van der Waals surface area contributed by atoms with Crippen molar-refractivity contribution < 1.29 is 14.3 Å². The van der Waals surface area contributed by atoms with Gasteiger partial charge in [-0.05, 0) is 44.5 Å². The normalized spacial score (nSPS) is 13.3. The van der Waals surface area contributed by atoms with Gasteiger partial charge in [0.15, 0.2) is 11.5 Å². The van der Waals surface area contributed by atoms with Crippen molar-refractivity contribution in [2.24, 2.45) is 7.05 Å². The first-order chi connectivity index (χ1) is 12.5. The Morgan fingerprint density at radius 1 is 1.23 bits per heavy atom. The molecule has 1 aliphatic heterocycles. The van der Waals surface area contributed by atoms with Crippen molar-refractivity contribution in [1.82, 2.24) is 15.1 Å².